The SMILES string of the molecule is CCC(C)OC(C)COC(=O)C(C)(CC)OCC(C)O. The zero-order valence-corrected chi connectivity index (χ0v) is 13.6. The minimum Gasteiger partial charge on any atom is -0.461 e. The maximum atomic E-state index is 12.1. The van der Waals surface area contributed by atoms with Crippen molar-refractivity contribution in [1.82, 2.24) is 0 Å². The van der Waals surface area contributed by atoms with E-state index in [0.29, 0.717) is 6.42 Å². The summed E-state index contributed by atoms with van der Waals surface area (Å²) in [5.74, 6) is -0.416. The minimum absolute atomic E-state index is 0.109. The summed E-state index contributed by atoms with van der Waals surface area (Å²) in [4.78, 5) is 12.1. The Morgan fingerprint density at radius 1 is 1.15 bits per heavy atom. The first-order valence-corrected chi connectivity index (χ1v) is 7.39. The van der Waals surface area contributed by atoms with Gasteiger partial charge in [0.25, 0.3) is 0 Å². The summed E-state index contributed by atoms with van der Waals surface area (Å²) in [5, 5.41) is 9.24. The number of hydrogen-bond acceptors (Lipinski definition) is 5. The second kappa shape index (κ2) is 9.32. The van der Waals surface area contributed by atoms with Gasteiger partial charge in [-0.1, -0.05) is 13.8 Å². The van der Waals surface area contributed by atoms with E-state index in [1.807, 2.05) is 27.7 Å². The molecule has 0 spiro atoms. The first-order valence-electron chi connectivity index (χ1n) is 7.39. The van der Waals surface area contributed by atoms with E-state index in [0.717, 1.165) is 6.42 Å². The predicted molar refractivity (Wildman–Crippen MR) is 77.6 cm³/mol. The molecule has 120 valence electrons. The largest absolute Gasteiger partial charge is 0.461 e. The van der Waals surface area contributed by atoms with Crippen molar-refractivity contribution < 1.29 is 24.1 Å². The molecule has 0 saturated heterocycles. The van der Waals surface area contributed by atoms with Gasteiger partial charge in [-0.3, -0.25) is 0 Å². The molecule has 1 N–H and O–H groups in total. The van der Waals surface area contributed by atoms with Gasteiger partial charge in [0, 0.05) is 0 Å². The summed E-state index contributed by atoms with van der Waals surface area (Å²) < 4.78 is 16.4. The molecule has 0 aliphatic carbocycles. The molecule has 0 amide bonds. The molecule has 0 aromatic heterocycles. The Bertz CT molecular complexity index is 279. The van der Waals surface area contributed by atoms with Crippen LogP contribution < -0.4 is 0 Å². The number of aliphatic hydroxyl groups excluding tert-OH is 1. The Morgan fingerprint density at radius 2 is 1.75 bits per heavy atom. The van der Waals surface area contributed by atoms with E-state index < -0.39 is 17.7 Å². The molecule has 5 heteroatoms. The fourth-order valence-corrected chi connectivity index (χ4v) is 1.49. The van der Waals surface area contributed by atoms with Gasteiger partial charge in [-0.15, -0.1) is 0 Å². The lowest BCUT2D eigenvalue weighted by atomic mass is 10.0. The van der Waals surface area contributed by atoms with Crippen molar-refractivity contribution in [3.05, 3.63) is 0 Å². The van der Waals surface area contributed by atoms with Gasteiger partial charge in [0.15, 0.2) is 5.60 Å². The molecule has 5 nitrogen and oxygen atoms in total. The van der Waals surface area contributed by atoms with Crippen LogP contribution in [0.2, 0.25) is 0 Å². The Labute approximate surface area is 122 Å². The highest BCUT2D eigenvalue weighted by atomic mass is 16.6. The number of rotatable bonds is 10. The van der Waals surface area contributed by atoms with E-state index >= 15 is 0 Å². The van der Waals surface area contributed by atoms with Gasteiger partial charge in [0.2, 0.25) is 0 Å². The van der Waals surface area contributed by atoms with Crippen molar-refractivity contribution in [2.24, 2.45) is 0 Å². The zero-order valence-electron chi connectivity index (χ0n) is 13.6. The molecule has 0 aliphatic rings. The van der Waals surface area contributed by atoms with Crippen molar-refractivity contribution in [2.45, 2.75) is 78.3 Å². The lowest BCUT2D eigenvalue weighted by Crippen LogP contribution is -2.42. The van der Waals surface area contributed by atoms with Gasteiger partial charge in [0.1, 0.15) is 6.61 Å². The number of carbonyl (C=O) groups is 1. The number of hydrogen-bond donors (Lipinski definition) is 1. The van der Waals surface area contributed by atoms with Crippen LogP contribution in [0.15, 0.2) is 0 Å². The average molecular weight is 290 g/mol. The van der Waals surface area contributed by atoms with Gasteiger partial charge < -0.3 is 19.3 Å². The van der Waals surface area contributed by atoms with E-state index in [9.17, 15) is 9.90 Å². The van der Waals surface area contributed by atoms with Crippen LogP contribution in [0.3, 0.4) is 0 Å². The third-order valence-corrected chi connectivity index (χ3v) is 3.24. The number of aliphatic hydroxyl groups is 1. The Morgan fingerprint density at radius 3 is 2.20 bits per heavy atom. The molecule has 0 heterocycles. The molecule has 0 rings (SSSR count). The topological polar surface area (TPSA) is 65.0 Å². The van der Waals surface area contributed by atoms with Crippen LogP contribution in [0.5, 0.6) is 0 Å². The van der Waals surface area contributed by atoms with Gasteiger partial charge in [-0.25, -0.2) is 4.79 Å². The standard InChI is InChI=1S/C15H30O5/c1-7-12(4)20-13(5)10-18-14(17)15(6,8-2)19-9-11(3)16/h11-13,16H,7-10H2,1-6H3. The highest BCUT2D eigenvalue weighted by Crippen LogP contribution is 2.18. The molecular formula is C15H30O5. The van der Waals surface area contributed by atoms with Crippen molar-refractivity contribution in [2.75, 3.05) is 13.2 Å². The molecule has 0 aliphatic heterocycles. The Hall–Kier alpha value is -0.650. The van der Waals surface area contributed by atoms with Crippen molar-refractivity contribution in [1.29, 1.82) is 0 Å². The van der Waals surface area contributed by atoms with Gasteiger partial charge in [-0.05, 0) is 40.5 Å². The Kier molecular flexibility index (Phi) is 9.01. The summed E-state index contributed by atoms with van der Waals surface area (Å²) >= 11 is 0. The lowest BCUT2D eigenvalue weighted by Gasteiger charge is -2.28. The van der Waals surface area contributed by atoms with E-state index in [4.69, 9.17) is 14.2 Å². The molecule has 0 aromatic carbocycles. The van der Waals surface area contributed by atoms with E-state index in [1.165, 1.54) is 0 Å². The average Bonchev–Trinajstić information content (AvgIpc) is 2.41. The first kappa shape index (κ1) is 19.4. The molecule has 4 atom stereocenters. The molecule has 0 bridgehead atoms. The van der Waals surface area contributed by atoms with Gasteiger partial charge >= 0.3 is 5.97 Å². The normalized spacial score (nSPS) is 18.9. The van der Waals surface area contributed by atoms with Crippen LogP contribution in [-0.4, -0.2) is 48.2 Å². The van der Waals surface area contributed by atoms with Crippen molar-refractivity contribution >= 4 is 5.97 Å². The first-order chi connectivity index (χ1) is 9.25. The molecule has 0 aromatic rings. The minimum atomic E-state index is -1.02. The maximum Gasteiger partial charge on any atom is 0.338 e. The second-order valence-electron chi connectivity index (χ2n) is 5.51. The van der Waals surface area contributed by atoms with E-state index in [1.54, 1.807) is 13.8 Å². The molecular weight excluding hydrogens is 260 g/mol. The summed E-state index contributed by atoms with van der Waals surface area (Å²) in [7, 11) is 0. The molecule has 0 radical (unpaired) electrons. The van der Waals surface area contributed by atoms with Gasteiger partial charge in [-0.2, -0.15) is 0 Å². The van der Waals surface area contributed by atoms with E-state index in [-0.39, 0.29) is 25.4 Å². The van der Waals surface area contributed by atoms with Crippen molar-refractivity contribution in [3.63, 3.8) is 0 Å². The number of ether oxygens (including phenoxy) is 3. The lowest BCUT2D eigenvalue weighted by molar-refractivity contribution is -0.178. The highest BCUT2D eigenvalue weighted by molar-refractivity contribution is 5.79. The van der Waals surface area contributed by atoms with Crippen LogP contribution in [0.25, 0.3) is 0 Å². The molecule has 4 unspecified atom stereocenters. The zero-order chi connectivity index (χ0) is 15.8. The van der Waals surface area contributed by atoms with Crippen LogP contribution in [0.4, 0.5) is 0 Å². The predicted octanol–water partition coefficient (Wildman–Crippen LogP) is 2.30. The van der Waals surface area contributed by atoms with Crippen LogP contribution in [0, 0.1) is 0 Å². The fraction of sp³-hybridized carbons (Fsp3) is 0.933. The van der Waals surface area contributed by atoms with Crippen molar-refractivity contribution in [3.8, 4) is 0 Å². The summed E-state index contributed by atoms with van der Waals surface area (Å²) in [6.45, 7) is 11.4. The molecule has 0 fully saturated rings. The monoisotopic (exact) mass is 290 g/mol. The maximum absolute atomic E-state index is 12.1. The smallest absolute Gasteiger partial charge is 0.338 e. The third kappa shape index (κ3) is 7.22. The third-order valence-electron chi connectivity index (χ3n) is 3.24. The van der Waals surface area contributed by atoms with E-state index in [2.05, 4.69) is 0 Å². The number of esters is 1. The highest BCUT2D eigenvalue weighted by Gasteiger charge is 2.34. The van der Waals surface area contributed by atoms with Gasteiger partial charge in [0.05, 0.1) is 24.9 Å². The fourth-order valence-electron chi connectivity index (χ4n) is 1.49. The second-order valence-corrected chi connectivity index (χ2v) is 5.51. The summed E-state index contributed by atoms with van der Waals surface area (Å²) in [5.41, 5.74) is -1.02. The quantitative estimate of drug-likeness (QED) is 0.625. The molecule has 0 saturated carbocycles. The Balaban J connectivity index is 4.27. The van der Waals surface area contributed by atoms with Crippen LogP contribution in [0.1, 0.15) is 54.4 Å². The number of carbonyl (C=O) groups excluding carboxylic acids is 1. The van der Waals surface area contributed by atoms with Crippen LogP contribution in [-0.2, 0) is 19.0 Å². The molecule has 20 heavy (non-hydrogen) atoms. The van der Waals surface area contributed by atoms with Crippen LogP contribution >= 0.6 is 0 Å². The summed E-state index contributed by atoms with van der Waals surface area (Å²) in [6.07, 6.45) is 0.794. The summed E-state index contributed by atoms with van der Waals surface area (Å²) in [6, 6.07) is 0.